The van der Waals surface area contributed by atoms with Crippen LogP contribution in [-0.2, 0) is 9.84 Å². The van der Waals surface area contributed by atoms with Crippen LogP contribution in [0.1, 0.15) is 26.2 Å². The number of hydrogen-bond acceptors (Lipinski definition) is 2. The van der Waals surface area contributed by atoms with Crippen molar-refractivity contribution in [2.75, 3.05) is 5.75 Å². The van der Waals surface area contributed by atoms with Gasteiger partial charge in [-0.2, -0.15) is 0 Å². The first-order chi connectivity index (χ1) is 8.63. The van der Waals surface area contributed by atoms with Crippen LogP contribution in [-0.4, -0.2) is 14.2 Å². The van der Waals surface area contributed by atoms with E-state index in [1.165, 1.54) is 0 Å². The number of rotatable bonds is 5. The molecule has 0 radical (unpaired) electrons. The topological polar surface area (TPSA) is 34.1 Å². The van der Waals surface area contributed by atoms with Gasteiger partial charge in [0.15, 0.2) is 9.84 Å². The Morgan fingerprint density at radius 2 is 1.67 bits per heavy atom. The highest BCUT2D eigenvalue weighted by molar-refractivity contribution is 7.91. The van der Waals surface area contributed by atoms with Crippen LogP contribution >= 0.6 is 0 Å². The fourth-order valence-corrected chi connectivity index (χ4v) is 3.42. The van der Waals surface area contributed by atoms with Gasteiger partial charge in [0.2, 0.25) is 0 Å². The third-order valence-electron chi connectivity index (χ3n) is 3.10. The van der Waals surface area contributed by atoms with Gasteiger partial charge in [-0.25, -0.2) is 8.42 Å². The van der Waals surface area contributed by atoms with Gasteiger partial charge >= 0.3 is 0 Å². The molecular formula is C15H18O2S. The lowest BCUT2D eigenvalue weighted by Gasteiger charge is -2.05. The van der Waals surface area contributed by atoms with E-state index in [9.17, 15) is 8.42 Å². The molecule has 0 unspecified atom stereocenters. The molecule has 2 nitrogen and oxygen atoms in total. The fourth-order valence-electron chi connectivity index (χ4n) is 2.02. The van der Waals surface area contributed by atoms with E-state index < -0.39 is 9.84 Å². The van der Waals surface area contributed by atoms with Crippen LogP contribution in [0.25, 0.3) is 10.8 Å². The summed E-state index contributed by atoms with van der Waals surface area (Å²) in [5.41, 5.74) is 0. The van der Waals surface area contributed by atoms with Gasteiger partial charge < -0.3 is 0 Å². The van der Waals surface area contributed by atoms with Crippen molar-refractivity contribution >= 4 is 20.6 Å². The minimum Gasteiger partial charge on any atom is -0.224 e. The summed E-state index contributed by atoms with van der Waals surface area (Å²) in [6.07, 6.45) is 2.74. The predicted molar refractivity (Wildman–Crippen MR) is 75.5 cm³/mol. The summed E-state index contributed by atoms with van der Waals surface area (Å²) >= 11 is 0. The van der Waals surface area contributed by atoms with Gasteiger partial charge in [0.25, 0.3) is 0 Å². The van der Waals surface area contributed by atoms with Crippen molar-refractivity contribution in [1.82, 2.24) is 0 Å². The third kappa shape index (κ3) is 2.91. The summed E-state index contributed by atoms with van der Waals surface area (Å²) in [7, 11) is -3.12. The molecule has 18 heavy (non-hydrogen) atoms. The molecule has 0 heterocycles. The number of hydrogen-bond donors (Lipinski definition) is 0. The maximum absolute atomic E-state index is 12.2. The second-order valence-electron chi connectivity index (χ2n) is 4.53. The third-order valence-corrected chi connectivity index (χ3v) is 4.89. The molecule has 0 aromatic heterocycles. The summed E-state index contributed by atoms with van der Waals surface area (Å²) in [5.74, 6) is 0.249. The van der Waals surface area contributed by atoms with Crippen LogP contribution in [0.4, 0.5) is 0 Å². The first kappa shape index (κ1) is 13.1. The summed E-state index contributed by atoms with van der Waals surface area (Å²) < 4.78 is 24.3. The zero-order valence-corrected chi connectivity index (χ0v) is 11.4. The molecule has 2 rings (SSSR count). The second-order valence-corrected chi connectivity index (χ2v) is 6.64. The quantitative estimate of drug-likeness (QED) is 0.768. The molecule has 96 valence electrons. The van der Waals surface area contributed by atoms with Crippen molar-refractivity contribution in [1.29, 1.82) is 0 Å². The standard InChI is InChI=1S/C15H18O2S/c1-2-3-6-11-18(16,17)15-10-9-13-7-4-5-8-14(13)12-15/h4-5,7-10,12H,2-3,6,11H2,1H3. The maximum Gasteiger partial charge on any atom is 0.178 e. The molecule has 2 aromatic rings. The predicted octanol–water partition coefficient (Wildman–Crippen LogP) is 3.80. The van der Waals surface area contributed by atoms with Crippen LogP contribution < -0.4 is 0 Å². The van der Waals surface area contributed by atoms with Gasteiger partial charge in [-0.15, -0.1) is 0 Å². The Morgan fingerprint density at radius 1 is 0.944 bits per heavy atom. The molecule has 0 aliphatic rings. The van der Waals surface area contributed by atoms with Crippen LogP contribution in [0, 0.1) is 0 Å². The van der Waals surface area contributed by atoms with Crippen molar-refractivity contribution in [3.05, 3.63) is 42.5 Å². The van der Waals surface area contributed by atoms with Crippen molar-refractivity contribution in [3.63, 3.8) is 0 Å². The highest BCUT2D eigenvalue weighted by atomic mass is 32.2. The Bertz CT molecular complexity index is 630. The van der Waals surface area contributed by atoms with Gasteiger partial charge in [0, 0.05) is 0 Å². The van der Waals surface area contributed by atoms with Crippen LogP contribution in [0.3, 0.4) is 0 Å². The Morgan fingerprint density at radius 3 is 2.39 bits per heavy atom. The normalized spacial score (nSPS) is 11.8. The van der Waals surface area contributed by atoms with E-state index in [0.717, 1.165) is 30.0 Å². The average Bonchev–Trinajstić information content (AvgIpc) is 2.38. The summed E-state index contributed by atoms with van der Waals surface area (Å²) in [4.78, 5) is 0.442. The lowest BCUT2D eigenvalue weighted by Crippen LogP contribution is -2.06. The zero-order chi connectivity index (χ0) is 13.0. The molecule has 0 atom stereocenters. The molecule has 0 amide bonds. The molecule has 0 aliphatic heterocycles. The summed E-state index contributed by atoms with van der Waals surface area (Å²) in [6.45, 7) is 2.07. The monoisotopic (exact) mass is 262 g/mol. The van der Waals surface area contributed by atoms with Crippen LogP contribution in [0.2, 0.25) is 0 Å². The Hall–Kier alpha value is -1.35. The van der Waals surface area contributed by atoms with Gasteiger partial charge in [0.1, 0.15) is 0 Å². The number of sulfone groups is 1. The average molecular weight is 262 g/mol. The molecule has 0 bridgehead atoms. The zero-order valence-electron chi connectivity index (χ0n) is 10.6. The first-order valence-electron chi connectivity index (χ1n) is 6.35. The smallest absolute Gasteiger partial charge is 0.178 e. The second kappa shape index (κ2) is 5.53. The van der Waals surface area contributed by atoms with Crippen LogP contribution in [0.5, 0.6) is 0 Å². The maximum atomic E-state index is 12.2. The van der Waals surface area contributed by atoms with E-state index in [2.05, 4.69) is 6.92 Å². The molecule has 0 N–H and O–H groups in total. The van der Waals surface area contributed by atoms with E-state index in [1.807, 2.05) is 30.3 Å². The molecule has 0 saturated heterocycles. The van der Waals surface area contributed by atoms with Crippen molar-refractivity contribution < 1.29 is 8.42 Å². The molecule has 3 heteroatoms. The largest absolute Gasteiger partial charge is 0.224 e. The molecule has 0 spiro atoms. The van der Waals surface area contributed by atoms with E-state index in [4.69, 9.17) is 0 Å². The van der Waals surface area contributed by atoms with Crippen molar-refractivity contribution in [3.8, 4) is 0 Å². The Labute approximate surface area is 109 Å². The van der Waals surface area contributed by atoms with Gasteiger partial charge in [-0.3, -0.25) is 0 Å². The van der Waals surface area contributed by atoms with E-state index >= 15 is 0 Å². The molecular weight excluding hydrogens is 244 g/mol. The first-order valence-corrected chi connectivity index (χ1v) is 8.00. The van der Waals surface area contributed by atoms with E-state index in [1.54, 1.807) is 12.1 Å². The van der Waals surface area contributed by atoms with Gasteiger partial charge in [0.05, 0.1) is 10.6 Å². The minimum absolute atomic E-state index is 0.249. The molecule has 2 aromatic carbocycles. The van der Waals surface area contributed by atoms with E-state index in [0.29, 0.717) is 4.90 Å². The van der Waals surface area contributed by atoms with E-state index in [-0.39, 0.29) is 5.75 Å². The fraction of sp³-hybridized carbons (Fsp3) is 0.333. The van der Waals surface area contributed by atoms with Crippen molar-refractivity contribution in [2.45, 2.75) is 31.1 Å². The minimum atomic E-state index is -3.12. The Kier molecular flexibility index (Phi) is 4.02. The molecule has 0 saturated carbocycles. The number of benzene rings is 2. The summed E-state index contributed by atoms with van der Waals surface area (Å²) in [6, 6.07) is 13.2. The molecule has 0 fully saturated rings. The lowest BCUT2D eigenvalue weighted by atomic mass is 10.1. The molecule has 0 aliphatic carbocycles. The number of fused-ring (bicyclic) bond motifs is 1. The van der Waals surface area contributed by atoms with Crippen molar-refractivity contribution in [2.24, 2.45) is 0 Å². The summed E-state index contributed by atoms with van der Waals surface area (Å²) in [5, 5.41) is 2.05. The van der Waals surface area contributed by atoms with Gasteiger partial charge in [-0.1, -0.05) is 50.1 Å². The Balaban J connectivity index is 2.30. The highest BCUT2D eigenvalue weighted by Crippen LogP contribution is 2.20. The highest BCUT2D eigenvalue weighted by Gasteiger charge is 2.13. The lowest BCUT2D eigenvalue weighted by molar-refractivity contribution is 0.591. The van der Waals surface area contributed by atoms with Crippen LogP contribution in [0.15, 0.2) is 47.4 Å². The van der Waals surface area contributed by atoms with Gasteiger partial charge in [-0.05, 0) is 29.3 Å². The SMILES string of the molecule is CCCCCS(=O)(=O)c1ccc2ccccc2c1. The number of unbranched alkanes of at least 4 members (excludes halogenated alkanes) is 2.